The second-order valence-electron chi connectivity index (χ2n) is 13.2. The van der Waals surface area contributed by atoms with Crippen LogP contribution in [-0.2, 0) is 29.8 Å². The topological polar surface area (TPSA) is 0 Å². The first-order valence-corrected chi connectivity index (χ1v) is 16.0. The molecule has 0 aromatic heterocycles. The highest BCUT2D eigenvalue weighted by Gasteiger charge is 2.42. The van der Waals surface area contributed by atoms with E-state index in [0.29, 0.717) is 0 Å². The molecule has 4 aromatic carbocycles. The number of hydrogen-bond donors (Lipinski definition) is 0. The Labute approximate surface area is 244 Å². The van der Waals surface area contributed by atoms with Crippen LogP contribution >= 0.6 is 23.5 Å². The number of aryl methyl sites for hydroxylation is 4. The number of fused-ring (bicyclic) bond motifs is 2. The lowest BCUT2D eigenvalue weighted by Crippen LogP contribution is -2.30. The minimum absolute atomic E-state index is 0.0824. The summed E-state index contributed by atoms with van der Waals surface area (Å²) in [5.74, 6) is 0. The standard InChI is InChI=1S/C37H40S2/c1-35(2,3)38-37(39-36(4,5)6,33-19-15-27(16-20-33)31-13-9-25-7-11-29(25)23-31)34-21-17-28(18-22-34)32-14-10-26-8-12-30(26)24-32/h9-10,13-24H,7-8,11-12H2,1-6H3. The zero-order valence-electron chi connectivity index (χ0n) is 24.2. The Bertz CT molecular complexity index is 1380. The van der Waals surface area contributed by atoms with Gasteiger partial charge in [-0.05, 0) is 81.3 Å². The molecule has 0 unspecified atom stereocenters. The van der Waals surface area contributed by atoms with Crippen LogP contribution in [0.2, 0.25) is 0 Å². The van der Waals surface area contributed by atoms with Gasteiger partial charge in [-0.3, -0.25) is 0 Å². The van der Waals surface area contributed by atoms with Crippen molar-refractivity contribution in [1.82, 2.24) is 0 Å². The molecule has 6 rings (SSSR count). The zero-order chi connectivity index (χ0) is 27.4. The average molecular weight is 549 g/mol. The highest BCUT2D eigenvalue weighted by molar-refractivity contribution is 8.19. The molecule has 2 aliphatic rings. The summed E-state index contributed by atoms with van der Waals surface area (Å²) in [6.45, 7) is 14.1. The Balaban J connectivity index is 1.42. The van der Waals surface area contributed by atoms with E-state index >= 15 is 0 Å². The maximum absolute atomic E-state index is 2.39. The highest BCUT2D eigenvalue weighted by Crippen LogP contribution is 2.59. The third-order valence-electron chi connectivity index (χ3n) is 7.84. The van der Waals surface area contributed by atoms with Gasteiger partial charge in [0, 0.05) is 9.49 Å². The Hall–Kier alpha value is -2.42. The molecule has 0 bridgehead atoms. The first-order chi connectivity index (χ1) is 18.5. The van der Waals surface area contributed by atoms with Gasteiger partial charge in [-0.25, -0.2) is 0 Å². The van der Waals surface area contributed by atoms with Crippen molar-refractivity contribution in [3.63, 3.8) is 0 Å². The zero-order valence-corrected chi connectivity index (χ0v) is 25.9. The highest BCUT2D eigenvalue weighted by atomic mass is 32.2. The van der Waals surface area contributed by atoms with Gasteiger partial charge >= 0.3 is 0 Å². The van der Waals surface area contributed by atoms with E-state index in [-0.39, 0.29) is 13.6 Å². The van der Waals surface area contributed by atoms with Crippen LogP contribution in [0.5, 0.6) is 0 Å². The predicted molar refractivity (Wildman–Crippen MR) is 174 cm³/mol. The van der Waals surface area contributed by atoms with Crippen molar-refractivity contribution >= 4 is 23.5 Å². The van der Waals surface area contributed by atoms with E-state index in [0.717, 1.165) is 0 Å². The minimum atomic E-state index is -0.228. The predicted octanol–water partition coefficient (Wildman–Crippen LogP) is 10.5. The molecule has 0 spiro atoms. The largest absolute Gasteiger partial charge is 0.129 e. The molecule has 0 heterocycles. The number of benzene rings is 4. The molecule has 39 heavy (non-hydrogen) atoms. The molecule has 0 saturated carbocycles. The lowest BCUT2D eigenvalue weighted by molar-refractivity contribution is 0.776. The summed E-state index contributed by atoms with van der Waals surface area (Å²) in [6, 6.07) is 32.9. The van der Waals surface area contributed by atoms with Gasteiger partial charge in [0.15, 0.2) is 0 Å². The van der Waals surface area contributed by atoms with Gasteiger partial charge in [0.25, 0.3) is 0 Å². The fourth-order valence-electron chi connectivity index (χ4n) is 5.80. The number of thioether (sulfide) groups is 2. The Morgan fingerprint density at radius 2 is 0.744 bits per heavy atom. The van der Waals surface area contributed by atoms with E-state index in [9.17, 15) is 0 Å². The maximum atomic E-state index is 2.39. The normalized spacial score (nSPS) is 14.7. The number of hydrogen-bond acceptors (Lipinski definition) is 2. The molecule has 0 radical (unpaired) electrons. The van der Waals surface area contributed by atoms with Gasteiger partial charge in [-0.15, -0.1) is 23.5 Å². The van der Waals surface area contributed by atoms with Crippen molar-refractivity contribution in [3.05, 3.63) is 118 Å². The fourth-order valence-corrected chi connectivity index (χ4v) is 10.2. The molecule has 0 atom stereocenters. The molecule has 0 N–H and O–H groups in total. The molecule has 0 fully saturated rings. The van der Waals surface area contributed by atoms with Gasteiger partial charge in [0.2, 0.25) is 0 Å². The molecule has 0 aliphatic heterocycles. The van der Waals surface area contributed by atoms with E-state index in [1.807, 2.05) is 0 Å². The molecule has 0 nitrogen and oxygen atoms in total. The summed E-state index contributed by atoms with van der Waals surface area (Å²) in [6.07, 6.45) is 4.90. The maximum Gasteiger partial charge on any atom is 0.112 e. The second-order valence-corrected chi connectivity index (χ2v) is 17.5. The first-order valence-electron chi connectivity index (χ1n) is 14.3. The molecule has 200 valence electrons. The summed E-state index contributed by atoms with van der Waals surface area (Å²) in [7, 11) is 0. The van der Waals surface area contributed by atoms with Crippen LogP contribution in [0.4, 0.5) is 0 Å². The Kier molecular flexibility index (Phi) is 6.79. The fraction of sp³-hybridized carbons (Fsp3) is 0.351. The van der Waals surface area contributed by atoms with Crippen molar-refractivity contribution < 1.29 is 0 Å². The van der Waals surface area contributed by atoms with Crippen molar-refractivity contribution in [2.24, 2.45) is 0 Å². The van der Waals surface area contributed by atoms with E-state index in [1.54, 1.807) is 0 Å². The van der Waals surface area contributed by atoms with Gasteiger partial charge < -0.3 is 0 Å². The summed E-state index contributed by atoms with van der Waals surface area (Å²) in [5, 5.41) is 0. The van der Waals surface area contributed by atoms with Crippen LogP contribution < -0.4 is 0 Å². The average Bonchev–Trinajstić information content (AvgIpc) is 2.84. The SMILES string of the molecule is CC(C)(C)SC(SC(C)(C)C)(c1ccc(-c2ccc3c(c2)CC3)cc1)c1ccc(-c2ccc3c(c2)CC3)cc1. The quantitative estimate of drug-likeness (QED) is 0.220. The monoisotopic (exact) mass is 548 g/mol. The van der Waals surface area contributed by atoms with E-state index in [4.69, 9.17) is 0 Å². The summed E-state index contributed by atoms with van der Waals surface area (Å²) >= 11 is 4.15. The second kappa shape index (κ2) is 9.89. The van der Waals surface area contributed by atoms with Crippen LogP contribution in [-0.4, -0.2) is 9.49 Å². The summed E-state index contributed by atoms with van der Waals surface area (Å²) in [4.78, 5) is 0. The van der Waals surface area contributed by atoms with Crippen LogP contribution in [0.15, 0.2) is 84.9 Å². The lowest BCUT2D eigenvalue weighted by atomic mass is 9.86. The van der Waals surface area contributed by atoms with Gasteiger partial charge in [0.05, 0.1) is 0 Å². The van der Waals surface area contributed by atoms with Crippen LogP contribution in [0.1, 0.15) is 74.9 Å². The van der Waals surface area contributed by atoms with Crippen LogP contribution in [0.3, 0.4) is 0 Å². The van der Waals surface area contributed by atoms with Gasteiger partial charge in [-0.2, -0.15) is 0 Å². The van der Waals surface area contributed by atoms with Crippen molar-refractivity contribution in [2.45, 2.75) is 80.8 Å². The van der Waals surface area contributed by atoms with Crippen molar-refractivity contribution in [2.75, 3.05) is 0 Å². The van der Waals surface area contributed by atoms with E-state index in [2.05, 4.69) is 150 Å². The third kappa shape index (κ3) is 5.48. The van der Waals surface area contributed by atoms with E-state index < -0.39 is 0 Å². The summed E-state index contributed by atoms with van der Waals surface area (Å²) < 4.78 is -0.0629. The molecule has 0 saturated heterocycles. The first kappa shape index (κ1) is 26.8. The van der Waals surface area contributed by atoms with Crippen LogP contribution in [0.25, 0.3) is 22.3 Å². The molecule has 0 amide bonds. The Morgan fingerprint density at radius 1 is 0.410 bits per heavy atom. The molecule has 4 aromatic rings. The van der Waals surface area contributed by atoms with Gasteiger partial charge in [-0.1, -0.05) is 126 Å². The molecular weight excluding hydrogens is 509 g/mol. The lowest BCUT2D eigenvalue weighted by Gasteiger charge is -2.42. The molecular formula is C37H40S2. The minimum Gasteiger partial charge on any atom is -0.129 e. The Morgan fingerprint density at radius 3 is 1.03 bits per heavy atom. The number of rotatable bonds is 6. The smallest absolute Gasteiger partial charge is 0.112 e. The van der Waals surface area contributed by atoms with Crippen LogP contribution in [0, 0.1) is 0 Å². The van der Waals surface area contributed by atoms with Crippen molar-refractivity contribution in [3.8, 4) is 22.3 Å². The molecule has 2 heteroatoms. The van der Waals surface area contributed by atoms with E-state index in [1.165, 1.54) is 81.3 Å². The third-order valence-corrected chi connectivity index (χ3v) is 11.1. The summed E-state index contributed by atoms with van der Waals surface area (Å²) in [5.41, 5.74) is 14.1. The van der Waals surface area contributed by atoms with Gasteiger partial charge in [0.1, 0.15) is 4.08 Å². The molecule has 2 aliphatic carbocycles. The van der Waals surface area contributed by atoms with Crippen molar-refractivity contribution in [1.29, 1.82) is 0 Å².